The summed E-state index contributed by atoms with van der Waals surface area (Å²) < 4.78 is 23.0. The highest BCUT2D eigenvalue weighted by molar-refractivity contribution is 7.90. The third-order valence-electron chi connectivity index (χ3n) is 3.12. The molecule has 1 atom stereocenters. The molecule has 1 unspecified atom stereocenters. The highest BCUT2D eigenvalue weighted by Crippen LogP contribution is 2.21. The first kappa shape index (κ1) is 15.6. The van der Waals surface area contributed by atoms with Crippen LogP contribution in [-0.2, 0) is 9.84 Å². The molecule has 0 spiro atoms. The Kier molecular flexibility index (Phi) is 5.03. The third kappa shape index (κ3) is 4.09. The van der Waals surface area contributed by atoms with Crippen LogP contribution in [0.1, 0.15) is 30.6 Å². The van der Waals surface area contributed by atoms with Gasteiger partial charge in [-0.3, -0.25) is 9.97 Å². The van der Waals surface area contributed by atoms with Crippen molar-refractivity contribution >= 4 is 9.84 Å². The lowest BCUT2D eigenvalue weighted by molar-refractivity contribution is 0.583. The van der Waals surface area contributed by atoms with Gasteiger partial charge in [0, 0.05) is 18.6 Å². The second-order valence-corrected chi connectivity index (χ2v) is 6.87. The van der Waals surface area contributed by atoms with Crippen molar-refractivity contribution in [2.75, 3.05) is 12.8 Å². The average molecular weight is 305 g/mol. The maximum atomic E-state index is 11.5. The smallest absolute Gasteiger partial charge is 0.175 e. The zero-order chi connectivity index (χ0) is 15.3. The molecular formula is C15H19N3O2S. The molecule has 6 heteroatoms. The van der Waals surface area contributed by atoms with Crippen molar-refractivity contribution in [3.8, 4) is 0 Å². The van der Waals surface area contributed by atoms with Crippen LogP contribution in [0.5, 0.6) is 0 Å². The Morgan fingerprint density at radius 1 is 1.19 bits per heavy atom. The Balaban J connectivity index is 2.33. The molecule has 0 radical (unpaired) electrons. The molecule has 0 aliphatic carbocycles. The van der Waals surface area contributed by atoms with Crippen molar-refractivity contribution in [2.24, 2.45) is 0 Å². The first-order chi connectivity index (χ1) is 10.0. The quantitative estimate of drug-likeness (QED) is 0.883. The summed E-state index contributed by atoms with van der Waals surface area (Å²) in [6.07, 6.45) is 7.21. The normalized spacial score (nSPS) is 13.0. The predicted molar refractivity (Wildman–Crippen MR) is 81.7 cm³/mol. The van der Waals surface area contributed by atoms with Crippen molar-refractivity contribution < 1.29 is 8.42 Å². The van der Waals surface area contributed by atoms with E-state index in [0.29, 0.717) is 4.90 Å². The van der Waals surface area contributed by atoms with Gasteiger partial charge in [0.25, 0.3) is 0 Å². The molecule has 0 fully saturated rings. The van der Waals surface area contributed by atoms with Crippen molar-refractivity contribution in [3.63, 3.8) is 0 Å². The number of aromatic nitrogens is 2. The molecular weight excluding hydrogens is 286 g/mol. The summed E-state index contributed by atoms with van der Waals surface area (Å²) >= 11 is 0. The molecule has 1 N–H and O–H groups in total. The molecule has 1 heterocycles. The second-order valence-electron chi connectivity index (χ2n) is 4.86. The number of benzene rings is 1. The van der Waals surface area contributed by atoms with Crippen LogP contribution in [0, 0.1) is 0 Å². The molecule has 1 aromatic carbocycles. The van der Waals surface area contributed by atoms with E-state index >= 15 is 0 Å². The van der Waals surface area contributed by atoms with Gasteiger partial charge >= 0.3 is 0 Å². The maximum Gasteiger partial charge on any atom is 0.175 e. The monoisotopic (exact) mass is 305 g/mol. The molecule has 2 rings (SSSR count). The minimum absolute atomic E-state index is 0.0905. The number of hydrogen-bond acceptors (Lipinski definition) is 5. The van der Waals surface area contributed by atoms with Crippen LogP contribution in [0.15, 0.2) is 47.8 Å². The van der Waals surface area contributed by atoms with E-state index in [2.05, 4.69) is 22.2 Å². The van der Waals surface area contributed by atoms with Gasteiger partial charge in [-0.15, -0.1) is 0 Å². The van der Waals surface area contributed by atoms with Crippen LogP contribution >= 0.6 is 0 Å². The molecule has 0 bridgehead atoms. The van der Waals surface area contributed by atoms with Crippen LogP contribution in [-0.4, -0.2) is 31.2 Å². The van der Waals surface area contributed by atoms with Crippen molar-refractivity contribution in [1.82, 2.24) is 15.3 Å². The van der Waals surface area contributed by atoms with Gasteiger partial charge in [-0.2, -0.15) is 0 Å². The molecule has 2 aromatic rings. The maximum absolute atomic E-state index is 11.5. The average Bonchev–Trinajstić information content (AvgIpc) is 2.48. The van der Waals surface area contributed by atoms with Gasteiger partial charge in [0.15, 0.2) is 9.84 Å². The first-order valence-corrected chi connectivity index (χ1v) is 8.71. The summed E-state index contributed by atoms with van der Waals surface area (Å²) in [7, 11) is -3.18. The number of hydrogen-bond donors (Lipinski definition) is 1. The SMILES string of the molecule is CCCNC(c1ccc(S(C)(=O)=O)cc1)c1cnccn1. The molecule has 0 aliphatic rings. The molecule has 21 heavy (non-hydrogen) atoms. The summed E-state index contributed by atoms with van der Waals surface area (Å²) in [4.78, 5) is 8.75. The summed E-state index contributed by atoms with van der Waals surface area (Å²) in [6.45, 7) is 2.93. The predicted octanol–water partition coefficient (Wildman–Crippen LogP) is 1.97. The van der Waals surface area contributed by atoms with E-state index < -0.39 is 9.84 Å². The Hall–Kier alpha value is -1.79. The zero-order valence-corrected chi connectivity index (χ0v) is 13.0. The minimum Gasteiger partial charge on any atom is -0.305 e. The van der Waals surface area contributed by atoms with Gasteiger partial charge < -0.3 is 5.32 Å². The van der Waals surface area contributed by atoms with E-state index in [0.717, 1.165) is 24.2 Å². The van der Waals surface area contributed by atoms with Crippen molar-refractivity contribution in [2.45, 2.75) is 24.3 Å². The van der Waals surface area contributed by atoms with Crippen LogP contribution in [0.2, 0.25) is 0 Å². The van der Waals surface area contributed by atoms with E-state index in [1.807, 2.05) is 12.1 Å². The van der Waals surface area contributed by atoms with Gasteiger partial charge in [-0.05, 0) is 30.7 Å². The van der Waals surface area contributed by atoms with Gasteiger partial charge in [-0.1, -0.05) is 19.1 Å². The molecule has 0 aliphatic heterocycles. The van der Waals surface area contributed by atoms with Crippen molar-refractivity contribution in [3.05, 3.63) is 54.1 Å². The fourth-order valence-electron chi connectivity index (χ4n) is 2.05. The lowest BCUT2D eigenvalue weighted by Gasteiger charge is -2.18. The van der Waals surface area contributed by atoms with E-state index in [-0.39, 0.29) is 6.04 Å². The first-order valence-electron chi connectivity index (χ1n) is 6.81. The number of sulfone groups is 1. The van der Waals surface area contributed by atoms with Crippen LogP contribution in [0.4, 0.5) is 0 Å². The summed E-state index contributed by atoms with van der Waals surface area (Å²) in [5.74, 6) is 0. The standard InChI is InChI=1S/C15H19N3O2S/c1-3-8-18-15(14-11-16-9-10-17-14)12-4-6-13(7-5-12)21(2,19)20/h4-7,9-11,15,18H,3,8H2,1-2H3. The van der Waals surface area contributed by atoms with Gasteiger partial charge in [0.1, 0.15) is 0 Å². The number of nitrogens with zero attached hydrogens (tertiary/aromatic N) is 2. The molecule has 5 nitrogen and oxygen atoms in total. The topological polar surface area (TPSA) is 72.0 Å². The molecule has 0 saturated carbocycles. The minimum atomic E-state index is -3.18. The molecule has 1 aromatic heterocycles. The van der Waals surface area contributed by atoms with Gasteiger partial charge in [0.05, 0.1) is 22.8 Å². The highest BCUT2D eigenvalue weighted by atomic mass is 32.2. The Morgan fingerprint density at radius 3 is 2.43 bits per heavy atom. The Labute approximate surface area is 125 Å². The summed E-state index contributed by atoms with van der Waals surface area (Å²) in [5.41, 5.74) is 1.79. The fourth-order valence-corrected chi connectivity index (χ4v) is 2.68. The number of nitrogens with one attached hydrogen (secondary N) is 1. The van der Waals surface area contributed by atoms with E-state index in [9.17, 15) is 8.42 Å². The van der Waals surface area contributed by atoms with Crippen LogP contribution < -0.4 is 5.32 Å². The fraction of sp³-hybridized carbons (Fsp3) is 0.333. The molecule has 0 saturated heterocycles. The molecule has 0 amide bonds. The highest BCUT2D eigenvalue weighted by Gasteiger charge is 2.16. The largest absolute Gasteiger partial charge is 0.305 e. The van der Waals surface area contributed by atoms with E-state index in [1.54, 1.807) is 30.7 Å². The lowest BCUT2D eigenvalue weighted by atomic mass is 10.0. The van der Waals surface area contributed by atoms with Crippen molar-refractivity contribution in [1.29, 1.82) is 0 Å². The lowest BCUT2D eigenvalue weighted by Crippen LogP contribution is -2.24. The summed E-state index contributed by atoms with van der Waals surface area (Å²) in [5, 5.41) is 3.41. The number of rotatable bonds is 6. The molecule has 112 valence electrons. The Morgan fingerprint density at radius 2 is 1.90 bits per heavy atom. The van der Waals surface area contributed by atoms with Gasteiger partial charge in [0.2, 0.25) is 0 Å². The second kappa shape index (κ2) is 6.78. The Bertz CT molecular complexity index is 670. The van der Waals surface area contributed by atoms with Crippen LogP contribution in [0.3, 0.4) is 0 Å². The van der Waals surface area contributed by atoms with Crippen LogP contribution in [0.25, 0.3) is 0 Å². The van der Waals surface area contributed by atoms with E-state index in [1.165, 1.54) is 6.26 Å². The van der Waals surface area contributed by atoms with E-state index in [4.69, 9.17) is 0 Å². The van der Waals surface area contributed by atoms with Gasteiger partial charge in [-0.25, -0.2) is 8.42 Å². The third-order valence-corrected chi connectivity index (χ3v) is 4.25. The summed E-state index contributed by atoms with van der Waals surface area (Å²) in [6, 6.07) is 6.80. The zero-order valence-electron chi connectivity index (χ0n) is 12.2.